The molecule has 0 unspecified atom stereocenters. The van der Waals surface area contributed by atoms with Crippen LogP contribution < -0.4 is 0 Å². The fraction of sp³-hybridized carbons (Fsp3) is 0.500. The summed E-state index contributed by atoms with van der Waals surface area (Å²) in [6, 6.07) is 1.64. The molecule has 1 atom stereocenters. The molecule has 98 valence electrons. The monoisotopic (exact) mass is 288 g/mol. The number of methoxy groups -OCH3 is 1. The van der Waals surface area contributed by atoms with Crippen molar-refractivity contribution in [3.63, 3.8) is 0 Å². The predicted octanol–water partition coefficient (Wildman–Crippen LogP) is 2.56. The van der Waals surface area contributed by atoms with Gasteiger partial charge in [-0.1, -0.05) is 23.2 Å². The number of aromatic nitrogens is 1. The van der Waals surface area contributed by atoms with Gasteiger partial charge in [0.1, 0.15) is 10.3 Å². The number of likely N-dealkylation sites (tertiary alicyclic amines) is 1. The minimum absolute atomic E-state index is 0.105. The Morgan fingerprint density at radius 1 is 1.56 bits per heavy atom. The summed E-state index contributed by atoms with van der Waals surface area (Å²) in [5.41, 5.74) is 1.17. The summed E-state index contributed by atoms with van der Waals surface area (Å²) in [6.45, 7) is 3.07. The molecule has 1 aliphatic heterocycles. The lowest BCUT2D eigenvalue weighted by atomic mass is 10.1. The van der Waals surface area contributed by atoms with E-state index in [1.165, 1.54) is 0 Å². The largest absolute Gasteiger partial charge is 0.380 e. The van der Waals surface area contributed by atoms with Crippen LogP contribution in [-0.2, 0) is 4.74 Å². The van der Waals surface area contributed by atoms with Gasteiger partial charge >= 0.3 is 0 Å². The number of hydrogen-bond donors (Lipinski definition) is 0. The number of halogens is 2. The Hall–Kier alpha value is -0.840. The van der Waals surface area contributed by atoms with E-state index in [-0.39, 0.29) is 17.2 Å². The van der Waals surface area contributed by atoms with E-state index in [1.54, 1.807) is 25.0 Å². The number of hydrogen-bond acceptors (Lipinski definition) is 3. The molecular weight excluding hydrogens is 275 g/mol. The Bertz CT molecular complexity index is 456. The van der Waals surface area contributed by atoms with Crippen molar-refractivity contribution < 1.29 is 9.53 Å². The molecule has 1 aromatic heterocycles. The zero-order valence-corrected chi connectivity index (χ0v) is 11.8. The van der Waals surface area contributed by atoms with Gasteiger partial charge in [-0.05, 0) is 25.0 Å². The van der Waals surface area contributed by atoms with Gasteiger partial charge in [-0.2, -0.15) is 0 Å². The normalized spacial score (nSPS) is 19.3. The van der Waals surface area contributed by atoms with Crippen molar-refractivity contribution in [2.24, 2.45) is 0 Å². The summed E-state index contributed by atoms with van der Waals surface area (Å²) >= 11 is 11.8. The third-order valence-corrected chi connectivity index (χ3v) is 3.59. The van der Waals surface area contributed by atoms with Gasteiger partial charge < -0.3 is 9.64 Å². The van der Waals surface area contributed by atoms with Crippen LogP contribution in [0.2, 0.25) is 10.3 Å². The van der Waals surface area contributed by atoms with Crippen LogP contribution >= 0.6 is 23.2 Å². The topological polar surface area (TPSA) is 42.4 Å². The molecule has 0 aromatic carbocycles. The van der Waals surface area contributed by atoms with Gasteiger partial charge in [0, 0.05) is 20.2 Å². The predicted molar refractivity (Wildman–Crippen MR) is 70.3 cm³/mol. The second kappa shape index (κ2) is 5.43. The molecule has 1 amide bonds. The summed E-state index contributed by atoms with van der Waals surface area (Å²) in [4.78, 5) is 18.0. The summed E-state index contributed by atoms with van der Waals surface area (Å²) in [7, 11) is 1.65. The molecule has 0 spiro atoms. The van der Waals surface area contributed by atoms with Crippen LogP contribution in [0.15, 0.2) is 6.07 Å². The molecule has 18 heavy (non-hydrogen) atoms. The second-order valence-electron chi connectivity index (χ2n) is 4.33. The van der Waals surface area contributed by atoms with Gasteiger partial charge in [0.2, 0.25) is 0 Å². The maximum atomic E-state index is 12.4. The summed E-state index contributed by atoms with van der Waals surface area (Å²) in [6.07, 6.45) is 0.952. The highest BCUT2D eigenvalue weighted by Crippen LogP contribution is 2.24. The highest BCUT2D eigenvalue weighted by Gasteiger charge is 2.29. The minimum Gasteiger partial charge on any atom is -0.380 e. The van der Waals surface area contributed by atoms with Crippen molar-refractivity contribution in [2.75, 3.05) is 20.2 Å². The van der Waals surface area contributed by atoms with E-state index in [0.29, 0.717) is 23.8 Å². The molecule has 0 saturated carbocycles. The fourth-order valence-electron chi connectivity index (χ4n) is 2.12. The number of ether oxygens (including phenoxy) is 1. The Labute approximate surface area is 116 Å². The van der Waals surface area contributed by atoms with Gasteiger partial charge in [-0.3, -0.25) is 4.79 Å². The fourth-order valence-corrected chi connectivity index (χ4v) is 2.73. The SMILES string of the molecule is CO[C@@H]1CCN(C(=O)c2c(C)cc(Cl)nc2Cl)C1. The van der Waals surface area contributed by atoms with Gasteiger partial charge in [-0.25, -0.2) is 4.98 Å². The lowest BCUT2D eigenvalue weighted by molar-refractivity contribution is 0.0723. The van der Waals surface area contributed by atoms with Crippen LogP contribution in [0.4, 0.5) is 0 Å². The van der Waals surface area contributed by atoms with Crippen LogP contribution in [0.5, 0.6) is 0 Å². The molecule has 1 aliphatic rings. The second-order valence-corrected chi connectivity index (χ2v) is 5.07. The molecule has 0 bridgehead atoms. The number of pyridine rings is 1. The van der Waals surface area contributed by atoms with E-state index in [2.05, 4.69) is 4.98 Å². The average molecular weight is 289 g/mol. The third kappa shape index (κ3) is 2.60. The first kappa shape index (κ1) is 13.6. The van der Waals surface area contributed by atoms with Crippen molar-refractivity contribution in [3.8, 4) is 0 Å². The summed E-state index contributed by atoms with van der Waals surface area (Å²) in [5, 5.41) is 0.455. The number of nitrogens with zero attached hydrogens (tertiary/aromatic N) is 2. The third-order valence-electron chi connectivity index (χ3n) is 3.12. The van der Waals surface area contributed by atoms with Crippen molar-refractivity contribution in [2.45, 2.75) is 19.4 Å². The molecule has 2 rings (SSSR count). The Balaban J connectivity index is 2.25. The molecule has 0 N–H and O–H groups in total. The first-order chi connectivity index (χ1) is 8.52. The van der Waals surface area contributed by atoms with Crippen molar-refractivity contribution in [1.29, 1.82) is 0 Å². The van der Waals surface area contributed by atoms with E-state index in [1.807, 2.05) is 0 Å². The van der Waals surface area contributed by atoms with Crippen molar-refractivity contribution >= 4 is 29.1 Å². The molecule has 6 heteroatoms. The number of amides is 1. The van der Waals surface area contributed by atoms with Crippen molar-refractivity contribution in [3.05, 3.63) is 27.5 Å². The average Bonchev–Trinajstić information content (AvgIpc) is 2.75. The maximum absolute atomic E-state index is 12.4. The van der Waals surface area contributed by atoms with E-state index in [0.717, 1.165) is 12.0 Å². The van der Waals surface area contributed by atoms with Crippen LogP contribution in [-0.4, -0.2) is 42.1 Å². The molecule has 1 saturated heterocycles. The molecule has 1 aromatic rings. The molecule has 2 heterocycles. The minimum atomic E-state index is -0.110. The summed E-state index contributed by atoms with van der Waals surface area (Å²) in [5.74, 6) is -0.110. The molecule has 4 nitrogen and oxygen atoms in total. The first-order valence-electron chi connectivity index (χ1n) is 5.67. The highest BCUT2D eigenvalue weighted by atomic mass is 35.5. The Kier molecular flexibility index (Phi) is 4.10. The van der Waals surface area contributed by atoms with Crippen LogP contribution in [0.3, 0.4) is 0 Å². The number of rotatable bonds is 2. The lowest BCUT2D eigenvalue weighted by Crippen LogP contribution is -2.30. The van der Waals surface area contributed by atoms with Crippen LogP contribution in [0.1, 0.15) is 22.3 Å². The molecule has 0 aliphatic carbocycles. The maximum Gasteiger partial charge on any atom is 0.257 e. The Morgan fingerprint density at radius 2 is 2.28 bits per heavy atom. The molecule has 0 radical (unpaired) electrons. The van der Waals surface area contributed by atoms with E-state index >= 15 is 0 Å². The zero-order chi connectivity index (χ0) is 13.3. The molecule has 1 fully saturated rings. The van der Waals surface area contributed by atoms with Crippen LogP contribution in [0.25, 0.3) is 0 Å². The van der Waals surface area contributed by atoms with E-state index < -0.39 is 0 Å². The van der Waals surface area contributed by atoms with Crippen molar-refractivity contribution in [1.82, 2.24) is 9.88 Å². The smallest absolute Gasteiger partial charge is 0.257 e. The van der Waals surface area contributed by atoms with Gasteiger partial charge in [-0.15, -0.1) is 0 Å². The standard InChI is InChI=1S/C12H14Cl2N2O2/c1-7-5-9(13)15-11(14)10(7)12(17)16-4-3-8(6-16)18-2/h5,8H,3-4,6H2,1-2H3/t8-/m1/s1. The van der Waals surface area contributed by atoms with Gasteiger partial charge in [0.25, 0.3) is 5.91 Å². The number of carbonyl (C=O) groups excluding carboxylic acids is 1. The number of aryl methyl sites for hydroxylation is 1. The van der Waals surface area contributed by atoms with E-state index in [4.69, 9.17) is 27.9 Å². The molecular formula is C12H14Cl2N2O2. The quantitative estimate of drug-likeness (QED) is 0.786. The van der Waals surface area contributed by atoms with E-state index in [9.17, 15) is 4.79 Å². The van der Waals surface area contributed by atoms with Crippen LogP contribution in [0, 0.1) is 6.92 Å². The number of carbonyl (C=O) groups is 1. The highest BCUT2D eigenvalue weighted by molar-refractivity contribution is 6.34. The van der Waals surface area contributed by atoms with Gasteiger partial charge in [0.15, 0.2) is 0 Å². The zero-order valence-electron chi connectivity index (χ0n) is 10.2. The van der Waals surface area contributed by atoms with Gasteiger partial charge in [0.05, 0.1) is 11.7 Å². The summed E-state index contributed by atoms with van der Waals surface area (Å²) < 4.78 is 5.24. The first-order valence-corrected chi connectivity index (χ1v) is 6.43. The lowest BCUT2D eigenvalue weighted by Gasteiger charge is -2.18. The Morgan fingerprint density at radius 3 is 2.83 bits per heavy atom.